The molecule has 2 rings (SSSR count). The van der Waals surface area contributed by atoms with Crippen LogP contribution in [0.15, 0.2) is 9.59 Å². The summed E-state index contributed by atoms with van der Waals surface area (Å²) >= 11 is 0. The SMILES string of the molecule is Cn1nc(C(F)(F)F)c(-c2c(O)c(=O)c2=O)c1O. The van der Waals surface area contributed by atoms with Gasteiger partial charge in [0, 0.05) is 7.05 Å². The van der Waals surface area contributed by atoms with Crippen LogP contribution in [0.3, 0.4) is 0 Å². The van der Waals surface area contributed by atoms with Gasteiger partial charge in [-0.05, 0) is 0 Å². The third kappa shape index (κ3) is 1.40. The van der Waals surface area contributed by atoms with Gasteiger partial charge in [-0.1, -0.05) is 0 Å². The first kappa shape index (κ1) is 12.1. The second kappa shape index (κ2) is 3.34. The molecule has 1 aromatic heterocycles. The summed E-state index contributed by atoms with van der Waals surface area (Å²) in [6, 6.07) is 0. The Hall–Kier alpha value is -2.32. The van der Waals surface area contributed by atoms with Crippen molar-refractivity contribution >= 4 is 0 Å². The number of halogens is 3. The van der Waals surface area contributed by atoms with Crippen LogP contribution in [-0.2, 0) is 13.2 Å². The minimum absolute atomic E-state index is 0.495. The maximum Gasteiger partial charge on any atom is 0.435 e. The van der Waals surface area contributed by atoms with E-state index in [0.29, 0.717) is 4.68 Å². The number of hydrogen-bond donors (Lipinski definition) is 2. The zero-order valence-corrected chi connectivity index (χ0v) is 8.74. The van der Waals surface area contributed by atoms with Crippen LogP contribution in [0.5, 0.6) is 11.6 Å². The highest BCUT2D eigenvalue weighted by Crippen LogP contribution is 2.42. The molecule has 1 aromatic carbocycles. The molecule has 0 bridgehead atoms. The molecule has 0 radical (unpaired) electrons. The summed E-state index contributed by atoms with van der Waals surface area (Å²) in [7, 11) is 1.02. The Kier molecular flexibility index (Phi) is 2.25. The largest absolute Gasteiger partial charge is 0.503 e. The van der Waals surface area contributed by atoms with Crippen LogP contribution in [-0.4, -0.2) is 20.0 Å². The van der Waals surface area contributed by atoms with Crippen molar-refractivity contribution in [3.05, 3.63) is 26.1 Å². The number of rotatable bonds is 1. The van der Waals surface area contributed by atoms with Gasteiger partial charge in [-0.2, -0.15) is 18.3 Å². The average molecular weight is 262 g/mol. The van der Waals surface area contributed by atoms with E-state index < -0.39 is 45.5 Å². The smallest absolute Gasteiger partial charge is 0.435 e. The van der Waals surface area contributed by atoms with Crippen molar-refractivity contribution in [2.45, 2.75) is 6.18 Å². The minimum Gasteiger partial charge on any atom is -0.503 e. The average Bonchev–Trinajstić information content (AvgIpc) is 2.56. The fraction of sp³-hybridized carbons (Fsp3) is 0.222. The van der Waals surface area contributed by atoms with Crippen molar-refractivity contribution in [3.8, 4) is 22.8 Å². The highest BCUT2D eigenvalue weighted by atomic mass is 19.4. The number of hydrogen-bond acceptors (Lipinski definition) is 5. The third-order valence-electron chi connectivity index (χ3n) is 2.42. The molecule has 0 spiro atoms. The first-order valence-electron chi connectivity index (χ1n) is 4.52. The molecule has 0 unspecified atom stereocenters. The van der Waals surface area contributed by atoms with E-state index in [1.807, 2.05) is 0 Å². The zero-order chi connectivity index (χ0) is 13.8. The first-order valence-corrected chi connectivity index (χ1v) is 4.52. The Bertz CT molecular complexity index is 707. The molecule has 0 aliphatic rings. The lowest BCUT2D eigenvalue weighted by Crippen LogP contribution is -2.32. The van der Waals surface area contributed by atoms with Crippen molar-refractivity contribution in [2.24, 2.45) is 7.05 Å². The van der Waals surface area contributed by atoms with E-state index in [1.165, 1.54) is 0 Å². The molecule has 0 fully saturated rings. The van der Waals surface area contributed by atoms with Crippen molar-refractivity contribution in [1.82, 2.24) is 9.78 Å². The molecule has 0 aliphatic carbocycles. The number of aromatic hydroxyl groups is 2. The topological polar surface area (TPSA) is 92.4 Å². The lowest BCUT2D eigenvalue weighted by Gasteiger charge is -2.08. The monoisotopic (exact) mass is 262 g/mol. The van der Waals surface area contributed by atoms with Gasteiger partial charge in [0.25, 0.3) is 5.43 Å². The van der Waals surface area contributed by atoms with Crippen molar-refractivity contribution in [3.63, 3.8) is 0 Å². The Balaban J connectivity index is 2.81. The van der Waals surface area contributed by atoms with E-state index in [1.54, 1.807) is 0 Å². The van der Waals surface area contributed by atoms with Gasteiger partial charge in [-0.3, -0.25) is 9.59 Å². The molecule has 1 heterocycles. The number of nitrogens with zero attached hydrogens (tertiary/aromatic N) is 2. The summed E-state index contributed by atoms with van der Waals surface area (Å²) in [4.78, 5) is 21.9. The van der Waals surface area contributed by atoms with Gasteiger partial charge in [-0.25, -0.2) is 4.68 Å². The summed E-state index contributed by atoms with van der Waals surface area (Å²) in [5.41, 5.74) is -5.96. The fourth-order valence-corrected chi connectivity index (χ4v) is 1.56. The van der Waals surface area contributed by atoms with Gasteiger partial charge in [0.2, 0.25) is 11.3 Å². The van der Waals surface area contributed by atoms with Crippen molar-refractivity contribution in [2.75, 3.05) is 0 Å². The lowest BCUT2D eigenvalue weighted by atomic mass is 10.00. The van der Waals surface area contributed by atoms with Crippen molar-refractivity contribution in [1.29, 1.82) is 0 Å². The number of aryl methyl sites for hydroxylation is 1. The maximum atomic E-state index is 12.6. The van der Waals surface area contributed by atoms with Crippen LogP contribution in [0.25, 0.3) is 11.1 Å². The van der Waals surface area contributed by atoms with Crippen LogP contribution in [0.4, 0.5) is 13.2 Å². The summed E-state index contributed by atoms with van der Waals surface area (Å²) in [6.45, 7) is 0. The van der Waals surface area contributed by atoms with Gasteiger partial charge >= 0.3 is 6.18 Å². The molecule has 0 saturated carbocycles. The number of aromatic nitrogens is 2. The Morgan fingerprint density at radius 3 is 2.11 bits per heavy atom. The van der Waals surface area contributed by atoms with Gasteiger partial charge in [0.1, 0.15) is 0 Å². The molecule has 0 saturated heterocycles. The molecule has 0 aliphatic heterocycles. The van der Waals surface area contributed by atoms with E-state index in [4.69, 9.17) is 5.11 Å². The standard InChI is InChI=1S/C9H5F3N2O4/c1-14-8(18)3(7(13-14)9(10,11)12)2-4(15)6(17)5(2)16/h15,18H,1H3. The molecule has 2 N–H and O–H groups in total. The van der Waals surface area contributed by atoms with E-state index >= 15 is 0 Å². The number of alkyl halides is 3. The first-order chi connectivity index (χ1) is 8.16. The van der Waals surface area contributed by atoms with E-state index in [9.17, 15) is 27.9 Å². The summed E-state index contributed by atoms with van der Waals surface area (Å²) < 4.78 is 38.4. The molecule has 18 heavy (non-hydrogen) atoms. The quantitative estimate of drug-likeness (QED) is 0.712. The van der Waals surface area contributed by atoms with Crippen LogP contribution in [0, 0.1) is 0 Å². The van der Waals surface area contributed by atoms with Gasteiger partial charge < -0.3 is 10.2 Å². The second-order valence-corrected chi connectivity index (χ2v) is 3.55. The molecular weight excluding hydrogens is 257 g/mol. The van der Waals surface area contributed by atoms with Gasteiger partial charge in [0.05, 0.1) is 11.1 Å². The molecular formula is C9H5F3N2O4. The predicted octanol–water partition coefficient (Wildman–Crippen LogP) is 0.113. The van der Waals surface area contributed by atoms with E-state index in [0.717, 1.165) is 7.05 Å². The summed E-state index contributed by atoms with van der Waals surface area (Å²) in [5, 5.41) is 21.6. The Morgan fingerprint density at radius 2 is 1.67 bits per heavy atom. The highest BCUT2D eigenvalue weighted by Gasteiger charge is 2.42. The third-order valence-corrected chi connectivity index (χ3v) is 2.42. The second-order valence-electron chi connectivity index (χ2n) is 3.55. The lowest BCUT2D eigenvalue weighted by molar-refractivity contribution is -0.141. The molecule has 96 valence electrons. The minimum atomic E-state index is -4.93. The van der Waals surface area contributed by atoms with Crippen LogP contribution in [0.1, 0.15) is 5.69 Å². The Labute approximate surface area is 96.2 Å². The maximum absolute atomic E-state index is 12.6. The molecule has 2 aromatic rings. The normalized spacial score (nSPS) is 12.2. The molecule has 6 nitrogen and oxygen atoms in total. The zero-order valence-electron chi connectivity index (χ0n) is 8.74. The Morgan fingerprint density at radius 1 is 1.11 bits per heavy atom. The van der Waals surface area contributed by atoms with Gasteiger partial charge in [0.15, 0.2) is 11.4 Å². The van der Waals surface area contributed by atoms with Crippen LogP contribution < -0.4 is 10.9 Å². The molecule has 0 amide bonds. The van der Waals surface area contributed by atoms with Crippen molar-refractivity contribution < 1.29 is 23.4 Å². The summed E-state index contributed by atoms with van der Waals surface area (Å²) in [6.07, 6.45) is -4.93. The van der Waals surface area contributed by atoms with E-state index in [-0.39, 0.29) is 0 Å². The molecule has 9 heteroatoms. The van der Waals surface area contributed by atoms with Crippen LogP contribution in [0.2, 0.25) is 0 Å². The van der Waals surface area contributed by atoms with Crippen LogP contribution >= 0.6 is 0 Å². The fourth-order valence-electron chi connectivity index (χ4n) is 1.56. The summed E-state index contributed by atoms with van der Waals surface area (Å²) in [5.74, 6) is -2.06. The van der Waals surface area contributed by atoms with Gasteiger partial charge in [-0.15, -0.1) is 0 Å². The highest BCUT2D eigenvalue weighted by molar-refractivity contribution is 5.79. The van der Waals surface area contributed by atoms with E-state index in [2.05, 4.69) is 5.10 Å². The molecule has 0 atom stereocenters. The predicted molar refractivity (Wildman–Crippen MR) is 51.9 cm³/mol.